The first-order chi connectivity index (χ1) is 12.6. The molecule has 1 fully saturated rings. The fourth-order valence-corrected chi connectivity index (χ4v) is 2.82. The molecular formula is C20H23N3O3. The van der Waals surface area contributed by atoms with Gasteiger partial charge in [-0.25, -0.2) is 0 Å². The number of anilines is 2. The van der Waals surface area contributed by atoms with E-state index < -0.39 is 0 Å². The van der Waals surface area contributed by atoms with E-state index in [1.54, 1.807) is 17.0 Å². The summed E-state index contributed by atoms with van der Waals surface area (Å²) in [6, 6.07) is 14.9. The van der Waals surface area contributed by atoms with Crippen LogP contribution in [0, 0.1) is 6.92 Å². The van der Waals surface area contributed by atoms with Gasteiger partial charge in [0.05, 0.1) is 19.8 Å². The zero-order valence-corrected chi connectivity index (χ0v) is 14.8. The summed E-state index contributed by atoms with van der Waals surface area (Å²) in [6.07, 6.45) is 0. The molecule has 2 N–H and O–H groups in total. The third-order valence-corrected chi connectivity index (χ3v) is 4.16. The van der Waals surface area contributed by atoms with Gasteiger partial charge in [-0.05, 0) is 42.8 Å². The Hall–Kier alpha value is -2.86. The van der Waals surface area contributed by atoms with Gasteiger partial charge in [-0.15, -0.1) is 0 Å². The van der Waals surface area contributed by atoms with E-state index in [4.69, 9.17) is 4.74 Å². The van der Waals surface area contributed by atoms with Crippen LogP contribution < -0.4 is 10.6 Å². The summed E-state index contributed by atoms with van der Waals surface area (Å²) >= 11 is 0. The van der Waals surface area contributed by atoms with Gasteiger partial charge in [0.15, 0.2) is 0 Å². The van der Waals surface area contributed by atoms with E-state index in [0.29, 0.717) is 31.9 Å². The lowest BCUT2D eigenvalue weighted by Crippen LogP contribution is -2.40. The Morgan fingerprint density at radius 1 is 1.04 bits per heavy atom. The molecular weight excluding hydrogens is 330 g/mol. The molecule has 1 aliphatic heterocycles. The van der Waals surface area contributed by atoms with Crippen LogP contribution in [-0.2, 0) is 9.53 Å². The Labute approximate surface area is 153 Å². The Morgan fingerprint density at radius 2 is 1.77 bits per heavy atom. The molecule has 0 spiro atoms. The summed E-state index contributed by atoms with van der Waals surface area (Å²) in [6.45, 7) is 4.46. The molecule has 1 heterocycles. The molecule has 26 heavy (non-hydrogen) atoms. The maximum Gasteiger partial charge on any atom is 0.254 e. The second kappa shape index (κ2) is 8.49. The largest absolute Gasteiger partial charge is 0.378 e. The predicted molar refractivity (Wildman–Crippen MR) is 101 cm³/mol. The number of hydrogen-bond acceptors (Lipinski definition) is 4. The van der Waals surface area contributed by atoms with Crippen LogP contribution in [0.15, 0.2) is 48.5 Å². The Morgan fingerprint density at radius 3 is 2.54 bits per heavy atom. The zero-order valence-electron chi connectivity index (χ0n) is 14.8. The van der Waals surface area contributed by atoms with Gasteiger partial charge >= 0.3 is 0 Å². The summed E-state index contributed by atoms with van der Waals surface area (Å²) in [5.41, 5.74) is 3.21. The van der Waals surface area contributed by atoms with Gasteiger partial charge in [0.2, 0.25) is 5.91 Å². The van der Waals surface area contributed by atoms with E-state index >= 15 is 0 Å². The van der Waals surface area contributed by atoms with E-state index in [1.165, 1.54) is 0 Å². The molecule has 0 aliphatic carbocycles. The minimum Gasteiger partial charge on any atom is -0.378 e. The Bertz CT molecular complexity index is 785. The average Bonchev–Trinajstić information content (AvgIpc) is 2.67. The van der Waals surface area contributed by atoms with Gasteiger partial charge in [0.25, 0.3) is 5.91 Å². The van der Waals surface area contributed by atoms with Crippen molar-refractivity contribution in [3.8, 4) is 0 Å². The summed E-state index contributed by atoms with van der Waals surface area (Å²) in [5.74, 6) is -0.151. The number of aryl methyl sites for hydroxylation is 1. The number of benzene rings is 2. The smallest absolute Gasteiger partial charge is 0.254 e. The van der Waals surface area contributed by atoms with Crippen LogP contribution in [0.1, 0.15) is 15.9 Å². The molecule has 1 saturated heterocycles. The lowest BCUT2D eigenvalue weighted by molar-refractivity contribution is -0.114. The minimum atomic E-state index is -0.138. The summed E-state index contributed by atoms with van der Waals surface area (Å²) in [4.78, 5) is 26.4. The van der Waals surface area contributed by atoms with Gasteiger partial charge in [-0.1, -0.05) is 18.2 Å². The van der Waals surface area contributed by atoms with Gasteiger partial charge in [0, 0.05) is 30.0 Å². The number of hydrogen-bond donors (Lipinski definition) is 2. The average molecular weight is 353 g/mol. The number of nitrogens with one attached hydrogen (secondary N) is 2. The highest BCUT2D eigenvalue weighted by molar-refractivity contribution is 5.96. The fourth-order valence-electron chi connectivity index (χ4n) is 2.82. The highest BCUT2D eigenvalue weighted by Crippen LogP contribution is 2.14. The van der Waals surface area contributed by atoms with Crippen LogP contribution in [0.5, 0.6) is 0 Å². The standard InChI is InChI=1S/C20H23N3O3/c1-15-4-2-7-18(12-15)22-19(24)14-21-17-6-3-5-16(13-17)20(25)23-8-10-26-11-9-23/h2-7,12-13,21H,8-11,14H2,1H3,(H,22,24). The molecule has 0 unspecified atom stereocenters. The number of amides is 2. The van der Waals surface area contributed by atoms with Crippen molar-refractivity contribution in [3.63, 3.8) is 0 Å². The molecule has 0 bridgehead atoms. The molecule has 2 aromatic rings. The highest BCUT2D eigenvalue weighted by atomic mass is 16.5. The zero-order chi connectivity index (χ0) is 18.4. The van der Waals surface area contributed by atoms with Crippen LogP contribution in [0.4, 0.5) is 11.4 Å². The van der Waals surface area contributed by atoms with Crippen molar-refractivity contribution >= 4 is 23.2 Å². The van der Waals surface area contributed by atoms with Crippen molar-refractivity contribution in [2.24, 2.45) is 0 Å². The molecule has 136 valence electrons. The lowest BCUT2D eigenvalue weighted by Gasteiger charge is -2.27. The van der Waals surface area contributed by atoms with Gasteiger partial charge in [-0.3, -0.25) is 9.59 Å². The third-order valence-electron chi connectivity index (χ3n) is 4.16. The lowest BCUT2D eigenvalue weighted by atomic mass is 10.1. The highest BCUT2D eigenvalue weighted by Gasteiger charge is 2.18. The van der Waals surface area contributed by atoms with Crippen LogP contribution >= 0.6 is 0 Å². The number of carbonyl (C=O) groups is 2. The van der Waals surface area contributed by atoms with Crippen LogP contribution in [0.2, 0.25) is 0 Å². The summed E-state index contributed by atoms with van der Waals surface area (Å²) in [5, 5.41) is 5.92. The first-order valence-electron chi connectivity index (χ1n) is 8.69. The van der Waals surface area contributed by atoms with E-state index in [1.807, 2.05) is 43.3 Å². The first-order valence-corrected chi connectivity index (χ1v) is 8.69. The van der Waals surface area contributed by atoms with Crippen molar-refractivity contribution < 1.29 is 14.3 Å². The van der Waals surface area contributed by atoms with Crippen molar-refractivity contribution in [2.75, 3.05) is 43.5 Å². The van der Waals surface area contributed by atoms with Crippen molar-refractivity contribution in [3.05, 3.63) is 59.7 Å². The molecule has 6 nitrogen and oxygen atoms in total. The first kappa shape index (κ1) is 17.9. The van der Waals surface area contributed by atoms with Gasteiger partial charge < -0.3 is 20.3 Å². The molecule has 3 rings (SSSR count). The van der Waals surface area contributed by atoms with Crippen LogP contribution in [0.25, 0.3) is 0 Å². The quantitative estimate of drug-likeness (QED) is 0.867. The fraction of sp³-hybridized carbons (Fsp3) is 0.300. The van der Waals surface area contributed by atoms with E-state index in [2.05, 4.69) is 10.6 Å². The van der Waals surface area contributed by atoms with Crippen molar-refractivity contribution in [1.82, 2.24) is 4.90 Å². The molecule has 0 aromatic heterocycles. The normalized spacial score (nSPS) is 14.0. The van der Waals surface area contributed by atoms with Gasteiger partial charge in [-0.2, -0.15) is 0 Å². The SMILES string of the molecule is Cc1cccc(NC(=O)CNc2cccc(C(=O)N3CCOCC3)c2)c1. The maximum absolute atomic E-state index is 12.5. The second-order valence-corrected chi connectivity index (χ2v) is 6.26. The predicted octanol–water partition coefficient (Wildman–Crippen LogP) is 2.52. The van der Waals surface area contributed by atoms with Crippen molar-refractivity contribution in [1.29, 1.82) is 0 Å². The Balaban J connectivity index is 1.56. The molecule has 0 radical (unpaired) electrons. The number of ether oxygens (including phenoxy) is 1. The maximum atomic E-state index is 12.5. The minimum absolute atomic E-state index is 0.0128. The molecule has 1 aliphatic rings. The molecule has 2 amide bonds. The van der Waals surface area contributed by atoms with E-state index in [-0.39, 0.29) is 18.4 Å². The summed E-state index contributed by atoms with van der Waals surface area (Å²) < 4.78 is 5.28. The van der Waals surface area contributed by atoms with Gasteiger partial charge in [0.1, 0.15) is 0 Å². The van der Waals surface area contributed by atoms with Crippen molar-refractivity contribution in [2.45, 2.75) is 6.92 Å². The Kier molecular flexibility index (Phi) is 5.86. The molecule has 6 heteroatoms. The summed E-state index contributed by atoms with van der Waals surface area (Å²) in [7, 11) is 0. The number of carbonyl (C=O) groups excluding carboxylic acids is 2. The molecule has 2 aromatic carbocycles. The number of nitrogens with zero attached hydrogens (tertiary/aromatic N) is 1. The topological polar surface area (TPSA) is 70.7 Å². The van der Waals surface area contributed by atoms with E-state index in [9.17, 15) is 9.59 Å². The monoisotopic (exact) mass is 353 g/mol. The third kappa shape index (κ3) is 4.83. The van der Waals surface area contributed by atoms with Crippen LogP contribution in [0.3, 0.4) is 0 Å². The number of morpholine rings is 1. The second-order valence-electron chi connectivity index (χ2n) is 6.26. The molecule has 0 atom stereocenters. The van der Waals surface area contributed by atoms with E-state index in [0.717, 1.165) is 16.9 Å². The van der Waals surface area contributed by atoms with Crippen LogP contribution in [-0.4, -0.2) is 49.6 Å². The molecule has 0 saturated carbocycles. The number of rotatable bonds is 5.